The largest absolute Gasteiger partial charge is 0.480 e. The lowest BCUT2D eigenvalue weighted by atomic mass is 9.92. The summed E-state index contributed by atoms with van der Waals surface area (Å²) in [5, 5.41) is 9.33. The van der Waals surface area contributed by atoms with E-state index in [2.05, 4.69) is 9.71 Å². The highest BCUT2D eigenvalue weighted by molar-refractivity contribution is 7.89. The number of sulfonamides is 1. The van der Waals surface area contributed by atoms with Gasteiger partial charge in [-0.1, -0.05) is 25.7 Å². The molecule has 0 bridgehead atoms. The van der Waals surface area contributed by atoms with Crippen molar-refractivity contribution in [3.05, 3.63) is 12.5 Å². The fraction of sp³-hybridized carbons (Fsp3) is 0.667. The molecule has 0 aliphatic heterocycles. The molecule has 1 aliphatic rings. The van der Waals surface area contributed by atoms with Gasteiger partial charge in [-0.15, -0.1) is 0 Å². The number of imidazole rings is 1. The first kappa shape index (κ1) is 15.0. The van der Waals surface area contributed by atoms with Gasteiger partial charge in [0.05, 0.1) is 6.33 Å². The third-order valence-corrected chi connectivity index (χ3v) is 5.07. The fourth-order valence-corrected chi connectivity index (χ4v) is 3.93. The van der Waals surface area contributed by atoms with Crippen molar-refractivity contribution in [2.24, 2.45) is 7.05 Å². The number of rotatable bonds is 4. The Labute approximate surface area is 118 Å². The van der Waals surface area contributed by atoms with E-state index in [4.69, 9.17) is 0 Å². The van der Waals surface area contributed by atoms with Gasteiger partial charge in [0.25, 0.3) is 10.0 Å². The van der Waals surface area contributed by atoms with E-state index in [0.717, 1.165) is 12.8 Å². The lowest BCUT2D eigenvalue weighted by molar-refractivity contribution is -0.144. The van der Waals surface area contributed by atoms with Crippen LogP contribution in [-0.4, -0.2) is 34.6 Å². The molecule has 8 heteroatoms. The fourth-order valence-electron chi connectivity index (χ4n) is 2.53. The molecule has 7 nitrogen and oxygen atoms in total. The zero-order chi connectivity index (χ0) is 14.8. The summed E-state index contributed by atoms with van der Waals surface area (Å²) >= 11 is 0. The van der Waals surface area contributed by atoms with E-state index in [9.17, 15) is 18.3 Å². The van der Waals surface area contributed by atoms with Crippen LogP contribution in [0.25, 0.3) is 0 Å². The molecule has 0 aromatic carbocycles. The second-order valence-electron chi connectivity index (χ2n) is 5.28. The van der Waals surface area contributed by atoms with Crippen molar-refractivity contribution in [1.82, 2.24) is 14.3 Å². The predicted octanol–water partition coefficient (Wildman–Crippen LogP) is 0.876. The van der Waals surface area contributed by atoms with E-state index in [1.807, 2.05) is 0 Å². The average Bonchev–Trinajstić information content (AvgIpc) is 2.67. The van der Waals surface area contributed by atoms with Gasteiger partial charge in [0.1, 0.15) is 5.54 Å². The maximum absolute atomic E-state index is 12.3. The number of aliphatic carboxylic acids is 1. The van der Waals surface area contributed by atoms with Crippen molar-refractivity contribution in [3.8, 4) is 0 Å². The molecule has 20 heavy (non-hydrogen) atoms. The van der Waals surface area contributed by atoms with Gasteiger partial charge in [-0.3, -0.25) is 4.79 Å². The summed E-state index contributed by atoms with van der Waals surface area (Å²) in [4.78, 5) is 15.4. The summed E-state index contributed by atoms with van der Waals surface area (Å²) in [5.74, 6) is -1.11. The molecule has 2 rings (SSSR count). The molecular weight excluding hydrogens is 282 g/mol. The Morgan fingerprint density at radius 1 is 1.35 bits per heavy atom. The lowest BCUT2D eigenvalue weighted by Crippen LogP contribution is -2.54. The predicted molar refractivity (Wildman–Crippen MR) is 71.6 cm³/mol. The summed E-state index contributed by atoms with van der Waals surface area (Å²) in [6.07, 6.45) is 6.63. The first-order chi connectivity index (χ1) is 9.36. The number of carbonyl (C=O) groups is 1. The van der Waals surface area contributed by atoms with Gasteiger partial charge in [-0.25, -0.2) is 13.4 Å². The molecule has 1 aliphatic carbocycles. The van der Waals surface area contributed by atoms with Crippen LogP contribution in [0.2, 0.25) is 0 Å². The minimum Gasteiger partial charge on any atom is -0.480 e. The smallest absolute Gasteiger partial charge is 0.324 e. The van der Waals surface area contributed by atoms with E-state index < -0.39 is 21.5 Å². The number of hydrogen-bond acceptors (Lipinski definition) is 4. The molecule has 0 spiro atoms. The first-order valence-corrected chi connectivity index (χ1v) is 8.09. The van der Waals surface area contributed by atoms with E-state index in [1.165, 1.54) is 17.1 Å². The molecule has 2 N–H and O–H groups in total. The highest BCUT2D eigenvalue weighted by Gasteiger charge is 2.42. The molecule has 1 saturated carbocycles. The summed E-state index contributed by atoms with van der Waals surface area (Å²) in [6.45, 7) is 0. The molecule has 112 valence electrons. The molecule has 1 aromatic rings. The van der Waals surface area contributed by atoms with Crippen LogP contribution in [0, 0.1) is 0 Å². The van der Waals surface area contributed by atoms with Gasteiger partial charge in [-0.05, 0) is 12.8 Å². The van der Waals surface area contributed by atoms with E-state index in [-0.39, 0.29) is 5.03 Å². The molecule has 1 aromatic heterocycles. The molecule has 1 fully saturated rings. The van der Waals surface area contributed by atoms with Gasteiger partial charge in [0.2, 0.25) is 0 Å². The van der Waals surface area contributed by atoms with Gasteiger partial charge >= 0.3 is 5.97 Å². The lowest BCUT2D eigenvalue weighted by Gasteiger charge is -2.28. The topological polar surface area (TPSA) is 101 Å². The van der Waals surface area contributed by atoms with Crippen LogP contribution < -0.4 is 4.72 Å². The minimum atomic E-state index is -3.92. The number of carboxylic acids is 1. The normalized spacial score (nSPS) is 19.4. The van der Waals surface area contributed by atoms with Gasteiger partial charge in [-0.2, -0.15) is 4.72 Å². The number of nitrogens with zero attached hydrogens (tertiary/aromatic N) is 2. The number of nitrogens with one attached hydrogen (secondary N) is 1. The van der Waals surface area contributed by atoms with Gasteiger partial charge < -0.3 is 9.67 Å². The number of hydrogen-bond donors (Lipinski definition) is 2. The van der Waals surface area contributed by atoms with Crippen LogP contribution >= 0.6 is 0 Å². The number of aromatic nitrogens is 2. The highest BCUT2D eigenvalue weighted by Crippen LogP contribution is 2.29. The zero-order valence-electron chi connectivity index (χ0n) is 11.4. The van der Waals surface area contributed by atoms with Crippen LogP contribution in [0.1, 0.15) is 38.5 Å². The Morgan fingerprint density at radius 2 is 1.95 bits per heavy atom. The quantitative estimate of drug-likeness (QED) is 0.804. The molecule has 0 amide bonds. The molecule has 0 atom stereocenters. The third kappa shape index (κ3) is 3.01. The maximum atomic E-state index is 12.3. The summed E-state index contributed by atoms with van der Waals surface area (Å²) in [6, 6.07) is 0. The molecular formula is C12H19N3O4S. The van der Waals surface area contributed by atoms with Gasteiger partial charge in [0.15, 0.2) is 5.03 Å². The Balaban J connectivity index is 2.30. The monoisotopic (exact) mass is 301 g/mol. The number of aryl methyl sites for hydroxylation is 1. The highest BCUT2D eigenvalue weighted by atomic mass is 32.2. The van der Waals surface area contributed by atoms with Crippen molar-refractivity contribution < 1.29 is 18.3 Å². The van der Waals surface area contributed by atoms with Crippen LogP contribution in [0.3, 0.4) is 0 Å². The Kier molecular flexibility index (Phi) is 4.14. The van der Waals surface area contributed by atoms with Crippen LogP contribution in [0.4, 0.5) is 0 Å². The van der Waals surface area contributed by atoms with E-state index in [1.54, 1.807) is 7.05 Å². The van der Waals surface area contributed by atoms with Crippen molar-refractivity contribution in [3.63, 3.8) is 0 Å². The van der Waals surface area contributed by atoms with Crippen molar-refractivity contribution in [2.75, 3.05) is 0 Å². The molecule has 1 heterocycles. The Bertz CT molecular complexity index is 586. The molecule has 0 radical (unpaired) electrons. The van der Waals surface area contributed by atoms with E-state index in [0.29, 0.717) is 25.7 Å². The third-order valence-electron chi connectivity index (χ3n) is 3.65. The number of carboxylic acid groups (broad SMARTS) is 1. The standard InChI is InChI=1S/C12H19N3O4S/c1-15-8-10(13-9-15)20(18,19)14-12(11(16)17)6-4-2-3-5-7-12/h8-9,14H,2-7H2,1H3,(H,16,17). The van der Waals surface area contributed by atoms with Crippen molar-refractivity contribution in [1.29, 1.82) is 0 Å². The Morgan fingerprint density at radius 3 is 2.40 bits per heavy atom. The van der Waals surface area contributed by atoms with E-state index >= 15 is 0 Å². The summed E-state index contributed by atoms with van der Waals surface area (Å²) in [5.41, 5.74) is -1.41. The zero-order valence-corrected chi connectivity index (χ0v) is 12.2. The van der Waals surface area contributed by atoms with Crippen LogP contribution in [0.5, 0.6) is 0 Å². The van der Waals surface area contributed by atoms with Gasteiger partial charge in [0, 0.05) is 13.2 Å². The average molecular weight is 301 g/mol. The second-order valence-corrected chi connectivity index (χ2v) is 6.91. The second kappa shape index (κ2) is 5.53. The molecule has 0 saturated heterocycles. The summed E-state index contributed by atoms with van der Waals surface area (Å²) in [7, 11) is -2.26. The SMILES string of the molecule is Cn1cnc(S(=O)(=O)NC2(C(=O)O)CCCCCC2)c1. The van der Waals surface area contributed by atoms with Crippen LogP contribution in [0.15, 0.2) is 17.6 Å². The maximum Gasteiger partial charge on any atom is 0.324 e. The Hall–Kier alpha value is -1.41. The van der Waals surface area contributed by atoms with Crippen LogP contribution in [-0.2, 0) is 21.9 Å². The first-order valence-electron chi connectivity index (χ1n) is 6.61. The minimum absolute atomic E-state index is 0.148. The summed E-state index contributed by atoms with van der Waals surface area (Å²) < 4.78 is 28.5. The van der Waals surface area contributed by atoms with Crippen molar-refractivity contribution in [2.45, 2.75) is 49.1 Å². The molecule has 0 unspecified atom stereocenters. The van der Waals surface area contributed by atoms with Crippen molar-refractivity contribution >= 4 is 16.0 Å².